The zero-order chi connectivity index (χ0) is 20.4. The van der Waals surface area contributed by atoms with E-state index in [4.69, 9.17) is 23.2 Å². The minimum absolute atomic E-state index is 0.179. The Bertz CT molecular complexity index is 1120. The van der Waals surface area contributed by atoms with E-state index in [0.717, 1.165) is 29.5 Å². The van der Waals surface area contributed by atoms with Gasteiger partial charge in [-0.15, -0.1) is 11.3 Å². The van der Waals surface area contributed by atoms with Crippen molar-refractivity contribution in [2.24, 2.45) is 0 Å². The van der Waals surface area contributed by atoms with Crippen molar-refractivity contribution in [1.82, 2.24) is 4.98 Å². The molecule has 142 valence electrons. The first-order chi connectivity index (χ1) is 13.3. The van der Waals surface area contributed by atoms with Crippen LogP contribution in [0.5, 0.6) is 0 Å². The van der Waals surface area contributed by atoms with Crippen molar-refractivity contribution in [1.29, 1.82) is 0 Å². The smallest absolute Gasteiger partial charge is 0.289 e. The summed E-state index contributed by atoms with van der Waals surface area (Å²) in [6.45, 7) is 0. The number of nitrogens with zero attached hydrogens (tertiary/aromatic N) is 3. The molecule has 0 unspecified atom stereocenters. The standard InChI is InChI=1S/C16H8Cl2N4O5S/c17-8-1-3-10(12(18)5-8)13-7-28-16(19-13)20-15(23)11-4-2-9(21(24)25)6-14(11)22(26)27/h1-7H,(H,19,20,23). The highest BCUT2D eigenvalue weighted by Gasteiger charge is 2.24. The molecule has 0 spiro atoms. The van der Waals surface area contributed by atoms with Crippen molar-refractivity contribution in [2.45, 2.75) is 0 Å². The third kappa shape index (κ3) is 4.09. The maximum atomic E-state index is 12.4. The quantitative estimate of drug-likeness (QED) is 0.431. The maximum absolute atomic E-state index is 12.4. The van der Waals surface area contributed by atoms with Crippen LogP contribution in [0.3, 0.4) is 0 Å². The van der Waals surface area contributed by atoms with Gasteiger partial charge < -0.3 is 0 Å². The molecule has 0 saturated heterocycles. The van der Waals surface area contributed by atoms with Crippen molar-refractivity contribution in [2.75, 3.05) is 5.32 Å². The van der Waals surface area contributed by atoms with Crippen LogP contribution in [-0.2, 0) is 0 Å². The van der Waals surface area contributed by atoms with E-state index in [9.17, 15) is 25.0 Å². The fraction of sp³-hybridized carbons (Fsp3) is 0. The van der Waals surface area contributed by atoms with E-state index in [0.29, 0.717) is 21.3 Å². The molecule has 0 saturated carbocycles. The van der Waals surface area contributed by atoms with Crippen LogP contribution < -0.4 is 5.32 Å². The number of carbonyl (C=O) groups is 1. The van der Waals surface area contributed by atoms with Gasteiger partial charge in [-0.05, 0) is 24.3 Å². The van der Waals surface area contributed by atoms with Gasteiger partial charge in [0.1, 0.15) is 5.56 Å². The predicted molar refractivity (Wildman–Crippen MR) is 105 cm³/mol. The van der Waals surface area contributed by atoms with E-state index in [1.54, 1.807) is 23.6 Å². The van der Waals surface area contributed by atoms with Gasteiger partial charge in [-0.2, -0.15) is 0 Å². The third-order valence-corrected chi connectivity index (χ3v) is 4.87. The number of carbonyl (C=O) groups excluding carboxylic acids is 1. The summed E-state index contributed by atoms with van der Waals surface area (Å²) in [5.41, 5.74) is -0.400. The minimum Gasteiger partial charge on any atom is -0.298 e. The van der Waals surface area contributed by atoms with Crippen LogP contribution in [0.15, 0.2) is 41.8 Å². The molecule has 0 fully saturated rings. The summed E-state index contributed by atoms with van der Waals surface area (Å²) in [4.78, 5) is 37.0. The molecule has 9 nitrogen and oxygen atoms in total. The van der Waals surface area contributed by atoms with Crippen molar-refractivity contribution < 1.29 is 14.6 Å². The largest absolute Gasteiger partial charge is 0.298 e. The summed E-state index contributed by atoms with van der Waals surface area (Å²) < 4.78 is 0. The van der Waals surface area contributed by atoms with Crippen LogP contribution in [-0.4, -0.2) is 20.7 Å². The second-order valence-electron chi connectivity index (χ2n) is 5.33. The summed E-state index contributed by atoms with van der Waals surface area (Å²) >= 11 is 13.1. The number of rotatable bonds is 5. The summed E-state index contributed by atoms with van der Waals surface area (Å²) in [6.07, 6.45) is 0. The summed E-state index contributed by atoms with van der Waals surface area (Å²) in [5.74, 6) is -0.815. The van der Waals surface area contributed by atoms with Gasteiger partial charge in [-0.3, -0.25) is 30.3 Å². The number of hydrogen-bond acceptors (Lipinski definition) is 7. The van der Waals surface area contributed by atoms with Crippen LogP contribution in [0, 0.1) is 20.2 Å². The van der Waals surface area contributed by atoms with Crippen LogP contribution >= 0.6 is 34.5 Å². The molecule has 0 bridgehead atoms. The Kier molecular flexibility index (Phi) is 5.54. The van der Waals surface area contributed by atoms with Gasteiger partial charge >= 0.3 is 0 Å². The maximum Gasteiger partial charge on any atom is 0.289 e. The molecule has 1 N–H and O–H groups in total. The van der Waals surface area contributed by atoms with E-state index in [2.05, 4.69) is 10.3 Å². The van der Waals surface area contributed by atoms with Gasteiger partial charge in [0.2, 0.25) is 0 Å². The molecule has 1 aromatic heterocycles. The number of nitro groups is 2. The Labute approximate surface area is 170 Å². The Morgan fingerprint density at radius 3 is 2.46 bits per heavy atom. The number of thiazole rings is 1. The van der Waals surface area contributed by atoms with E-state index < -0.39 is 27.1 Å². The number of benzene rings is 2. The molecule has 3 aromatic rings. The monoisotopic (exact) mass is 438 g/mol. The fourth-order valence-corrected chi connectivity index (χ4v) is 3.50. The van der Waals surface area contributed by atoms with E-state index in [-0.39, 0.29) is 10.7 Å². The summed E-state index contributed by atoms with van der Waals surface area (Å²) in [5, 5.41) is 27.1. The molecule has 0 aliphatic heterocycles. The van der Waals surface area contributed by atoms with Crippen molar-refractivity contribution in [3.63, 3.8) is 0 Å². The Balaban J connectivity index is 1.87. The number of anilines is 1. The number of nitrogens with one attached hydrogen (secondary N) is 1. The highest BCUT2D eigenvalue weighted by Crippen LogP contribution is 2.33. The number of halogens is 2. The lowest BCUT2D eigenvalue weighted by atomic mass is 10.1. The number of non-ortho nitro benzene ring substituents is 1. The average Bonchev–Trinajstić information content (AvgIpc) is 3.09. The highest BCUT2D eigenvalue weighted by atomic mass is 35.5. The Morgan fingerprint density at radius 2 is 1.82 bits per heavy atom. The second kappa shape index (κ2) is 7.89. The molecule has 2 aromatic carbocycles. The van der Waals surface area contributed by atoms with Gasteiger partial charge in [0.15, 0.2) is 5.13 Å². The Morgan fingerprint density at radius 1 is 1.07 bits per heavy atom. The first-order valence-corrected chi connectivity index (χ1v) is 9.05. The lowest BCUT2D eigenvalue weighted by molar-refractivity contribution is -0.394. The number of aromatic nitrogens is 1. The predicted octanol–water partition coefficient (Wildman–Crippen LogP) is 5.19. The first kappa shape index (κ1) is 19.7. The zero-order valence-electron chi connectivity index (χ0n) is 13.6. The van der Waals surface area contributed by atoms with E-state index >= 15 is 0 Å². The van der Waals surface area contributed by atoms with Crippen molar-refractivity contribution in [3.8, 4) is 11.3 Å². The van der Waals surface area contributed by atoms with Gasteiger partial charge in [0.25, 0.3) is 17.3 Å². The zero-order valence-corrected chi connectivity index (χ0v) is 15.9. The molecule has 0 radical (unpaired) electrons. The van der Waals surface area contributed by atoms with Crippen LogP contribution in [0.2, 0.25) is 10.0 Å². The Hall–Kier alpha value is -3.08. The lowest BCUT2D eigenvalue weighted by Crippen LogP contribution is -2.14. The summed E-state index contributed by atoms with van der Waals surface area (Å²) in [7, 11) is 0. The van der Waals surface area contributed by atoms with Gasteiger partial charge in [-0.25, -0.2) is 4.98 Å². The average molecular weight is 439 g/mol. The number of nitro benzene ring substituents is 2. The van der Waals surface area contributed by atoms with Gasteiger partial charge in [-0.1, -0.05) is 23.2 Å². The topological polar surface area (TPSA) is 128 Å². The van der Waals surface area contributed by atoms with Gasteiger partial charge in [0, 0.05) is 22.0 Å². The van der Waals surface area contributed by atoms with Crippen molar-refractivity contribution in [3.05, 3.63) is 77.6 Å². The summed E-state index contributed by atoms with van der Waals surface area (Å²) in [6, 6.07) is 7.64. The number of hydrogen-bond donors (Lipinski definition) is 1. The lowest BCUT2D eigenvalue weighted by Gasteiger charge is -2.03. The molecule has 1 amide bonds. The molecule has 12 heteroatoms. The van der Waals surface area contributed by atoms with Crippen LogP contribution in [0.25, 0.3) is 11.3 Å². The third-order valence-electron chi connectivity index (χ3n) is 3.57. The molecule has 28 heavy (non-hydrogen) atoms. The molecular formula is C16H8Cl2N4O5S. The van der Waals surface area contributed by atoms with Crippen LogP contribution in [0.4, 0.5) is 16.5 Å². The molecule has 0 aliphatic rings. The SMILES string of the molecule is O=C(Nc1nc(-c2ccc(Cl)cc2Cl)cs1)c1ccc([N+](=O)[O-])cc1[N+](=O)[O-]. The van der Waals surface area contributed by atoms with E-state index in [1.165, 1.54) is 0 Å². The molecule has 0 aliphatic carbocycles. The number of amides is 1. The second-order valence-corrected chi connectivity index (χ2v) is 7.03. The molecular weight excluding hydrogens is 431 g/mol. The molecule has 0 atom stereocenters. The molecule has 3 rings (SSSR count). The highest BCUT2D eigenvalue weighted by molar-refractivity contribution is 7.14. The first-order valence-electron chi connectivity index (χ1n) is 7.41. The van der Waals surface area contributed by atoms with Crippen molar-refractivity contribution >= 4 is 57.0 Å². The normalized spacial score (nSPS) is 10.5. The van der Waals surface area contributed by atoms with Crippen LogP contribution in [0.1, 0.15) is 10.4 Å². The van der Waals surface area contributed by atoms with Gasteiger partial charge in [0.05, 0.1) is 26.6 Å². The minimum atomic E-state index is -0.858. The fourth-order valence-electron chi connectivity index (χ4n) is 2.29. The van der Waals surface area contributed by atoms with E-state index in [1.807, 2.05) is 0 Å². The molecule has 1 heterocycles.